The highest BCUT2D eigenvalue weighted by Crippen LogP contribution is 2.47. The van der Waals surface area contributed by atoms with Gasteiger partial charge in [-0.1, -0.05) is 133 Å². The van der Waals surface area contributed by atoms with Gasteiger partial charge in [0.1, 0.15) is 27.8 Å². The third-order valence-corrected chi connectivity index (χ3v) is 13.5. The number of fused-ring (bicyclic) bond motifs is 13. The Kier molecular flexibility index (Phi) is 7.87. The second-order valence-electron chi connectivity index (χ2n) is 17.4. The lowest BCUT2D eigenvalue weighted by Crippen LogP contribution is -2.14. The van der Waals surface area contributed by atoms with E-state index in [1.165, 1.54) is 0 Å². The van der Waals surface area contributed by atoms with Crippen molar-refractivity contribution in [1.82, 2.24) is 19.9 Å². The monoisotopic (exact) mass is 886 g/mol. The topological polar surface area (TPSA) is 97.5 Å². The number of aromatic nitrogens is 4. The molecule has 0 N–H and O–H groups in total. The molecule has 322 valence electrons. The maximum atomic E-state index is 6.73. The lowest BCUT2D eigenvalue weighted by molar-refractivity contribution is 0.638. The molecule has 0 fully saturated rings. The van der Waals surface area contributed by atoms with Crippen LogP contribution >= 0.6 is 0 Å². The molecule has 69 heavy (non-hydrogen) atoms. The van der Waals surface area contributed by atoms with E-state index in [1.54, 1.807) is 6.20 Å². The molecule has 0 bridgehead atoms. The van der Waals surface area contributed by atoms with E-state index in [4.69, 9.17) is 33.2 Å². The van der Waals surface area contributed by atoms with Crippen LogP contribution in [-0.2, 0) is 0 Å². The largest absolute Gasteiger partial charge is 0.456 e. The third-order valence-electron chi connectivity index (χ3n) is 13.5. The molecule has 0 aliphatic heterocycles. The van der Waals surface area contributed by atoms with Crippen molar-refractivity contribution in [3.8, 4) is 0 Å². The minimum Gasteiger partial charge on any atom is -0.456 e. The van der Waals surface area contributed by atoms with Crippen LogP contribution in [0.3, 0.4) is 0 Å². The summed E-state index contributed by atoms with van der Waals surface area (Å²) in [5.74, 6) is 0.983. The normalized spacial score (nSPS) is 12.1. The number of rotatable bonds is 6. The molecular weight excluding hydrogens is 853 g/mol. The Morgan fingerprint density at radius 1 is 0.319 bits per heavy atom. The molecule has 15 aromatic rings. The molecule has 0 amide bonds. The van der Waals surface area contributed by atoms with E-state index in [2.05, 4.69) is 168 Å². The Morgan fingerprint density at radius 3 is 1.30 bits per heavy atom. The Balaban J connectivity index is 0.949. The number of furan rings is 3. The van der Waals surface area contributed by atoms with Gasteiger partial charge in [0.05, 0.1) is 34.3 Å². The molecule has 0 radical (unpaired) electrons. The zero-order chi connectivity index (χ0) is 45.2. The lowest BCUT2D eigenvalue weighted by atomic mass is 9.99. The number of anilines is 6. The Morgan fingerprint density at radius 2 is 0.768 bits per heavy atom. The van der Waals surface area contributed by atoms with Crippen molar-refractivity contribution in [3.63, 3.8) is 0 Å². The average molecular weight is 887 g/mol. The van der Waals surface area contributed by atoms with Gasteiger partial charge in [-0.15, -0.1) is 0 Å². The first-order valence-electron chi connectivity index (χ1n) is 22.8. The van der Waals surface area contributed by atoms with Crippen LogP contribution in [0.1, 0.15) is 0 Å². The number of nitrogens with zero attached hydrogens (tertiary/aromatic N) is 6. The summed E-state index contributed by atoms with van der Waals surface area (Å²) in [6, 6.07) is 67.1. The summed E-state index contributed by atoms with van der Waals surface area (Å²) in [5, 5.41) is 13.4. The minimum absolute atomic E-state index is 0.333. The number of hydrogen-bond acceptors (Lipinski definition) is 9. The molecule has 0 atom stereocenters. The zero-order valence-corrected chi connectivity index (χ0v) is 36.5. The molecule has 0 aliphatic carbocycles. The first-order valence-corrected chi connectivity index (χ1v) is 22.8. The summed E-state index contributed by atoms with van der Waals surface area (Å²) >= 11 is 0. The summed E-state index contributed by atoms with van der Waals surface area (Å²) in [5.41, 5.74) is 8.03. The predicted molar refractivity (Wildman–Crippen MR) is 279 cm³/mol. The van der Waals surface area contributed by atoms with Crippen molar-refractivity contribution < 1.29 is 13.3 Å². The second-order valence-corrected chi connectivity index (χ2v) is 17.4. The van der Waals surface area contributed by atoms with Gasteiger partial charge in [0, 0.05) is 61.4 Å². The highest BCUT2D eigenvalue weighted by Gasteiger charge is 2.26. The van der Waals surface area contributed by atoms with Crippen molar-refractivity contribution in [2.75, 3.05) is 9.80 Å². The van der Waals surface area contributed by atoms with Crippen LogP contribution in [0.5, 0.6) is 0 Å². The van der Waals surface area contributed by atoms with Gasteiger partial charge in [-0.25, -0.2) is 9.97 Å². The van der Waals surface area contributed by atoms with E-state index in [0.717, 1.165) is 110 Å². The standard InChI is InChI=1S/C60H34N6O3/c1-5-17-41-35(13-1)29-36-14-2-6-18-42(36)56(41)65(39-25-27-47-45-21-9-11-23-50(45)67-52(47)31-39)54-34-61-55-49-33-62-60(64-58(49)69-59(55)63-54)66(40-26-28-48-46-22-10-12-24-51(46)68-53(48)32-40)57-43-19-7-3-15-37(43)30-38-16-4-8-20-44(38)57/h1-34H. The van der Waals surface area contributed by atoms with Gasteiger partial charge in [0.25, 0.3) is 0 Å². The lowest BCUT2D eigenvalue weighted by Gasteiger charge is -2.27. The first-order chi connectivity index (χ1) is 34.2. The Hall–Kier alpha value is -9.60. The average Bonchev–Trinajstić information content (AvgIpc) is 4.09. The fraction of sp³-hybridized carbons (Fsp3) is 0. The van der Waals surface area contributed by atoms with Crippen LogP contribution in [0, 0.1) is 0 Å². The maximum Gasteiger partial charge on any atom is 0.250 e. The van der Waals surface area contributed by atoms with Crippen molar-refractivity contribution in [3.05, 3.63) is 207 Å². The van der Waals surface area contributed by atoms with Crippen molar-refractivity contribution in [1.29, 1.82) is 0 Å². The number of hydrogen-bond donors (Lipinski definition) is 0. The summed E-state index contributed by atoms with van der Waals surface area (Å²) in [6.07, 6.45) is 3.60. The molecule has 0 aliphatic rings. The molecule has 0 unspecified atom stereocenters. The van der Waals surface area contributed by atoms with Crippen LogP contribution in [0.4, 0.5) is 34.5 Å². The third kappa shape index (κ3) is 5.71. The molecule has 0 saturated heterocycles. The maximum absolute atomic E-state index is 6.73. The molecule has 15 rings (SSSR count). The van der Waals surface area contributed by atoms with Gasteiger partial charge >= 0.3 is 0 Å². The summed E-state index contributed by atoms with van der Waals surface area (Å²) in [4.78, 5) is 25.0. The minimum atomic E-state index is 0.333. The molecule has 9 heteroatoms. The van der Waals surface area contributed by atoms with Gasteiger partial charge in [0.15, 0.2) is 5.82 Å². The Bertz CT molecular complexity index is 4210. The van der Waals surface area contributed by atoms with Crippen LogP contribution in [0.15, 0.2) is 220 Å². The van der Waals surface area contributed by atoms with Gasteiger partial charge in [-0.3, -0.25) is 9.80 Å². The van der Waals surface area contributed by atoms with E-state index >= 15 is 0 Å². The quantitative estimate of drug-likeness (QED) is 0.151. The Labute approximate surface area is 391 Å². The van der Waals surface area contributed by atoms with E-state index in [9.17, 15) is 0 Å². The highest BCUT2D eigenvalue weighted by atomic mass is 16.4. The van der Waals surface area contributed by atoms with E-state index in [1.807, 2.05) is 42.6 Å². The van der Waals surface area contributed by atoms with Gasteiger partial charge in [0.2, 0.25) is 17.4 Å². The number of benzene rings is 10. The van der Waals surface area contributed by atoms with E-state index in [0.29, 0.717) is 34.1 Å². The molecule has 9 nitrogen and oxygen atoms in total. The SMILES string of the molecule is c1ccc2c(N(c3ccc4c(c3)oc3ccccc34)c3cnc4c(n3)oc3nc(N(c5ccc6c(c5)oc5ccccc56)c5c6ccccc6cc6ccccc56)ncc34)c3ccccc3cc2c1. The van der Waals surface area contributed by atoms with Crippen LogP contribution < -0.4 is 9.80 Å². The highest BCUT2D eigenvalue weighted by molar-refractivity contribution is 6.17. The van der Waals surface area contributed by atoms with Gasteiger partial charge < -0.3 is 13.3 Å². The first kappa shape index (κ1) is 37.6. The molecular formula is C60H34N6O3. The molecule has 10 aromatic carbocycles. The molecule has 0 spiro atoms. The van der Waals surface area contributed by atoms with Crippen molar-refractivity contribution >= 4 is 144 Å². The fourth-order valence-corrected chi connectivity index (χ4v) is 10.4. The van der Waals surface area contributed by atoms with Gasteiger partial charge in [-0.2, -0.15) is 9.97 Å². The zero-order valence-electron chi connectivity index (χ0n) is 36.5. The summed E-state index contributed by atoms with van der Waals surface area (Å²) < 4.78 is 19.7. The second kappa shape index (κ2) is 14.4. The van der Waals surface area contributed by atoms with Crippen molar-refractivity contribution in [2.45, 2.75) is 0 Å². The van der Waals surface area contributed by atoms with Crippen LogP contribution in [-0.4, -0.2) is 19.9 Å². The predicted octanol–water partition coefficient (Wildman–Crippen LogP) is 16.5. The van der Waals surface area contributed by atoms with E-state index < -0.39 is 0 Å². The van der Waals surface area contributed by atoms with Crippen LogP contribution in [0.2, 0.25) is 0 Å². The van der Waals surface area contributed by atoms with Gasteiger partial charge in [-0.05, 0) is 70.1 Å². The fourth-order valence-electron chi connectivity index (χ4n) is 10.4. The van der Waals surface area contributed by atoms with E-state index in [-0.39, 0.29) is 0 Å². The summed E-state index contributed by atoms with van der Waals surface area (Å²) in [6.45, 7) is 0. The molecule has 5 aromatic heterocycles. The molecule has 0 saturated carbocycles. The van der Waals surface area contributed by atoms with Crippen molar-refractivity contribution in [2.24, 2.45) is 0 Å². The molecule has 5 heterocycles. The van der Waals surface area contributed by atoms with Crippen LogP contribution in [0.25, 0.3) is 109 Å². The number of para-hydroxylation sites is 2. The smallest absolute Gasteiger partial charge is 0.250 e. The summed E-state index contributed by atoms with van der Waals surface area (Å²) in [7, 11) is 0.